The number of rotatable bonds is 9. The van der Waals surface area contributed by atoms with Gasteiger partial charge in [0, 0.05) is 30.6 Å². The van der Waals surface area contributed by atoms with Crippen LogP contribution in [0.3, 0.4) is 0 Å². The first-order valence-corrected chi connectivity index (χ1v) is 7.17. The van der Waals surface area contributed by atoms with E-state index < -0.39 is 0 Å². The van der Waals surface area contributed by atoms with Gasteiger partial charge in [-0.05, 0) is 45.7 Å². The van der Waals surface area contributed by atoms with E-state index in [9.17, 15) is 0 Å². The maximum absolute atomic E-state index is 4.51. The summed E-state index contributed by atoms with van der Waals surface area (Å²) in [6.07, 6.45) is 4.77. The summed E-state index contributed by atoms with van der Waals surface area (Å²) >= 11 is 0. The van der Waals surface area contributed by atoms with Gasteiger partial charge in [0.25, 0.3) is 0 Å². The van der Waals surface area contributed by atoms with Crippen LogP contribution in [-0.2, 0) is 0 Å². The van der Waals surface area contributed by atoms with E-state index in [2.05, 4.69) is 54.5 Å². The van der Waals surface area contributed by atoms with Crippen molar-refractivity contribution in [3.63, 3.8) is 0 Å². The number of amidine groups is 1. The van der Waals surface area contributed by atoms with Crippen LogP contribution in [0.4, 0.5) is 0 Å². The number of aliphatic imine (C=N–C) groups is 3. The molecule has 0 unspecified atom stereocenters. The number of allylic oxidation sites excluding steroid dienone is 1. The Bertz CT molecular complexity index is 403. The average molecular weight is 276 g/mol. The smallest absolute Gasteiger partial charge is 0.151 e. The standard InChI is InChI=1S/C16H28N4/c1-7-9-15(16(18-6)19-10-8-2)14(4)20-12-13(3)11-17-5/h11,20H,5-10,12H2,1-4H3/b13-11+,15-14?,19-16?. The molecule has 4 nitrogen and oxygen atoms in total. The van der Waals surface area contributed by atoms with E-state index in [1.165, 1.54) is 0 Å². The molecule has 0 spiro atoms. The predicted octanol–water partition coefficient (Wildman–Crippen LogP) is 3.76. The Balaban J connectivity index is 5.08. The molecule has 0 aliphatic heterocycles. The predicted molar refractivity (Wildman–Crippen MR) is 91.1 cm³/mol. The van der Waals surface area contributed by atoms with Crippen molar-refractivity contribution in [3.8, 4) is 0 Å². The maximum Gasteiger partial charge on any atom is 0.151 e. The molecule has 0 aromatic rings. The number of nitrogens with one attached hydrogen (secondary N) is 1. The van der Waals surface area contributed by atoms with Crippen molar-refractivity contribution in [2.75, 3.05) is 13.1 Å². The van der Waals surface area contributed by atoms with Gasteiger partial charge in [0.05, 0.1) is 0 Å². The van der Waals surface area contributed by atoms with Crippen molar-refractivity contribution < 1.29 is 0 Å². The summed E-state index contributed by atoms with van der Waals surface area (Å²) in [5, 5.41) is 3.40. The van der Waals surface area contributed by atoms with E-state index in [1.54, 1.807) is 6.20 Å². The van der Waals surface area contributed by atoms with Crippen molar-refractivity contribution >= 4 is 19.3 Å². The zero-order valence-electron chi connectivity index (χ0n) is 13.4. The topological polar surface area (TPSA) is 49.1 Å². The van der Waals surface area contributed by atoms with Gasteiger partial charge in [-0.25, -0.2) is 4.99 Å². The van der Waals surface area contributed by atoms with Crippen LogP contribution in [0.5, 0.6) is 0 Å². The molecule has 0 amide bonds. The second-order valence-corrected chi connectivity index (χ2v) is 4.73. The SMILES string of the molecule is C=N/C=C(\C)CNC(C)=C(CCC)C(N=C)=NCCC. The minimum Gasteiger partial charge on any atom is -0.384 e. The fourth-order valence-corrected chi connectivity index (χ4v) is 1.76. The number of hydrogen-bond acceptors (Lipinski definition) is 3. The molecule has 0 heterocycles. The van der Waals surface area contributed by atoms with E-state index in [4.69, 9.17) is 0 Å². The molecule has 0 fully saturated rings. The van der Waals surface area contributed by atoms with Gasteiger partial charge < -0.3 is 5.32 Å². The summed E-state index contributed by atoms with van der Waals surface area (Å²) in [5.74, 6) is 0.766. The Morgan fingerprint density at radius 2 is 1.85 bits per heavy atom. The highest BCUT2D eigenvalue weighted by Gasteiger charge is 2.08. The fraction of sp³-hybridized carbons (Fsp3) is 0.562. The molecule has 0 aromatic carbocycles. The molecule has 0 radical (unpaired) electrons. The van der Waals surface area contributed by atoms with Crippen LogP contribution < -0.4 is 5.32 Å². The highest BCUT2D eigenvalue weighted by atomic mass is 14.9. The summed E-state index contributed by atoms with van der Waals surface area (Å²) in [4.78, 5) is 12.4. The molecule has 0 saturated carbocycles. The molecule has 0 aliphatic carbocycles. The molecule has 0 atom stereocenters. The van der Waals surface area contributed by atoms with Crippen LogP contribution in [0.1, 0.15) is 47.0 Å². The van der Waals surface area contributed by atoms with Crippen molar-refractivity contribution in [2.24, 2.45) is 15.0 Å². The van der Waals surface area contributed by atoms with E-state index in [0.717, 1.165) is 55.0 Å². The third-order valence-corrected chi connectivity index (χ3v) is 2.80. The summed E-state index contributed by atoms with van der Waals surface area (Å²) in [5.41, 5.74) is 3.38. The molecular weight excluding hydrogens is 248 g/mol. The largest absolute Gasteiger partial charge is 0.384 e. The van der Waals surface area contributed by atoms with Gasteiger partial charge in [-0.1, -0.05) is 20.3 Å². The van der Waals surface area contributed by atoms with Crippen LogP contribution in [0.15, 0.2) is 38.0 Å². The van der Waals surface area contributed by atoms with Crippen LogP contribution in [-0.4, -0.2) is 32.4 Å². The van der Waals surface area contributed by atoms with E-state index in [-0.39, 0.29) is 0 Å². The van der Waals surface area contributed by atoms with Gasteiger partial charge >= 0.3 is 0 Å². The molecule has 4 heteroatoms. The lowest BCUT2D eigenvalue weighted by molar-refractivity contribution is 0.825. The molecule has 0 aliphatic rings. The quantitative estimate of drug-likeness (QED) is 0.506. The number of hydrogen-bond donors (Lipinski definition) is 1. The highest BCUT2D eigenvalue weighted by Crippen LogP contribution is 2.13. The lowest BCUT2D eigenvalue weighted by Crippen LogP contribution is -2.18. The molecule has 0 bridgehead atoms. The van der Waals surface area contributed by atoms with Gasteiger partial charge in [-0.2, -0.15) is 0 Å². The second-order valence-electron chi connectivity index (χ2n) is 4.73. The van der Waals surface area contributed by atoms with Gasteiger partial charge in [-0.3, -0.25) is 9.98 Å². The summed E-state index contributed by atoms with van der Waals surface area (Å²) in [6, 6.07) is 0. The third-order valence-electron chi connectivity index (χ3n) is 2.80. The highest BCUT2D eigenvalue weighted by molar-refractivity contribution is 6.01. The Morgan fingerprint density at radius 1 is 1.15 bits per heavy atom. The molecule has 20 heavy (non-hydrogen) atoms. The van der Waals surface area contributed by atoms with Crippen LogP contribution in [0, 0.1) is 0 Å². The fourth-order valence-electron chi connectivity index (χ4n) is 1.76. The number of nitrogens with zero attached hydrogens (tertiary/aromatic N) is 3. The van der Waals surface area contributed by atoms with E-state index >= 15 is 0 Å². The Morgan fingerprint density at radius 3 is 2.35 bits per heavy atom. The first kappa shape index (κ1) is 18.3. The Kier molecular flexibility index (Phi) is 10.2. The normalized spacial score (nSPS) is 13.8. The Labute approximate surface area is 123 Å². The molecule has 112 valence electrons. The zero-order chi connectivity index (χ0) is 15.4. The summed E-state index contributed by atoms with van der Waals surface area (Å²) in [6.45, 7) is 17.0. The van der Waals surface area contributed by atoms with Crippen molar-refractivity contribution in [2.45, 2.75) is 47.0 Å². The van der Waals surface area contributed by atoms with Gasteiger partial charge in [-0.15, -0.1) is 0 Å². The minimum atomic E-state index is 0.746. The van der Waals surface area contributed by atoms with E-state index in [1.807, 2.05) is 6.92 Å². The maximum atomic E-state index is 4.51. The Hall–Kier alpha value is -1.71. The van der Waals surface area contributed by atoms with Crippen LogP contribution in [0.25, 0.3) is 0 Å². The summed E-state index contributed by atoms with van der Waals surface area (Å²) < 4.78 is 0. The molecular formula is C16H28N4. The zero-order valence-corrected chi connectivity index (χ0v) is 13.4. The second kappa shape index (κ2) is 11.1. The van der Waals surface area contributed by atoms with Gasteiger partial charge in [0.2, 0.25) is 0 Å². The third kappa shape index (κ3) is 7.02. The van der Waals surface area contributed by atoms with Gasteiger partial charge in [0.15, 0.2) is 5.84 Å². The lowest BCUT2D eigenvalue weighted by atomic mass is 10.1. The first-order chi connectivity index (χ1) is 9.60. The average Bonchev–Trinajstić information content (AvgIpc) is 2.44. The van der Waals surface area contributed by atoms with Crippen molar-refractivity contribution in [1.29, 1.82) is 0 Å². The lowest BCUT2D eigenvalue weighted by Gasteiger charge is -2.14. The monoisotopic (exact) mass is 276 g/mol. The summed E-state index contributed by atoms with van der Waals surface area (Å²) in [7, 11) is 0. The molecule has 0 saturated heterocycles. The molecule has 0 aromatic heterocycles. The molecule has 0 rings (SSSR count). The van der Waals surface area contributed by atoms with E-state index in [0.29, 0.717) is 0 Å². The van der Waals surface area contributed by atoms with Crippen LogP contribution >= 0.6 is 0 Å². The van der Waals surface area contributed by atoms with Crippen molar-refractivity contribution in [3.05, 3.63) is 23.0 Å². The van der Waals surface area contributed by atoms with Gasteiger partial charge in [0.1, 0.15) is 0 Å². The van der Waals surface area contributed by atoms with Crippen LogP contribution in [0.2, 0.25) is 0 Å². The minimum absolute atomic E-state index is 0.746. The molecule has 1 N–H and O–H groups in total. The van der Waals surface area contributed by atoms with Crippen molar-refractivity contribution in [1.82, 2.24) is 5.32 Å². The first-order valence-electron chi connectivity index (χ1n) is 7.17.